The summed E-state index contributed by atoms with van der Waals surface area (Å²) >= 11 is 3.37. The van der Waals surface area contributed by atoms with Crippen LogP contribution >= 0.6 is 15.9 Å². The Morgan fingerprint density at radius 3 is 2.80 bits per heavy atom. The van der Waals surface area contributed by atoms with Crippen molar-refractivity contribution in [3.05, 3.63) is 34.5 Å². The van der Waals surface area contributed by atoms with Crippen LogP contribution in [0, 0.1) is 6.92 Å². The van der Waals surface area contributed by atoms with E-state index >= 15 is 0 Å². The van der Waals surface area contributed by atoms with Crippen molar-refractivity contribution in [1.82, 2.24) is 19.7 Å². The first kappa shape index (κ1) is 10.3. The van der Waals surface area contributed by atoms with Gasteiger partial charge < -0.3 is 0 Å². The highest BCUT2D eigenvalue weighted by molar-refractivity contribution is 9.10. The Labute approximate surface area is 96.5 Å². The molecule has 0 aromatic carbocycles. The van der Waals surface area contributed by atoms with E-state index < -0.39 is 0 Å². The van der Waals surface area contributed by atoms with Crippen LogP contribution in [0.2, 0.25) is 0 Å². The smallest absolute Gasteiger partial charge is 0.158 e. The topological polar surface area (TPSA) is 43.6 Å². The van der Waals surface area contributed by atoms with E-state index in [2.05, 4.69) is 31.0 Å². The molecule has 0 N–H and O–H groups in total. The van der Waals surface area contributed by atoms with Crippen LogP contribution in [0.5, 0.6) is 0 Å². The lowest BCUT2D eigenvalue weighted by Gasteiger charge is -2.03. The number of aromatic nitrogens is 4. The highest BCUT2D eigenvalue weighted by atomic mass is 79.9. The van der Waals surface area contributed by atoms with Crippen molar-refractivity contribution in [2.24, 2.45) is 0 Å². The summed E-state index contributed by atoms with van der Waals surface area (Å²) in [5, 5.41) is 4.21. The molecule has 0 unspecified atom stereocenters. The molecule has 0 aliphatic heterocycles. The van der Waals surface area contributed by atoms with Crippen LogP contribution in [-0.2, 0) is 6.42 Å². The molecule has 78 valence electrons. The fourth-order valence-electron chi connectivity index (χ4n) is 1.27. The van der Waals surface area contributed by atoms with E-state index in [0.717, 1.165) is 28.2 Å². The Balaban J connectivity index is 2.48. The van der Waals surface area contributed by atoms with Gasteiger partial charge in [0.15, 0.2) is 5.82 Å². The van der Waals surface area contributed by atoms with E-state index in [1.54, 1.807) is 4.68 Å². The largest absolute Gasteiger partial charge is 0.226 e. The van der Waals surface area contributed by atoms with Gasteiger partial charge in [0.2, 0.25) is 0 Å². The van der Waals surface area contributed by atoms with Crippen LogP contribution in [0.4, 0.5) is 0 Å². The molecule has 2 aromatic heterocycles. The molecule has 2 aromatic rings. The average Bonchev–Trinajstić information content (AvgIpc) is 2.64. The molecule has 0 bridgehead atoms. The normalized spacial score (nSPS) is 10.6. The molecule has 0 aliphatic carbocycles. The SMILES string of the molecule is CCc1nc(Br)cc(-n2cc(C)cn2)n1. The Hall–Kier alpha value is -1.23. The quantitative estimate of drug-likeness (QED) is 0.784. The molecule has 0 spiro atoms. The van der Waals surface area contributed by atoms with Crippen LogP contribution in [0.3, 0.4) is 0 Å². The van der Waals surface area contributed by atoms with E-state index in [9.17, 15) is 0 Å². The Bertz CT molecular complexity index is 478. The van der Waals surface area contributed by atoms with Crippen LogP contribution in [0.15, 0.2) is 23.1 Å². The number of halogens is 1. The predicted molar refractivity (Wildman–Crippen MR) is 61.0 cm³/mol. The van der Waals surface area contributed by atoms with Crippen molar-refractivity contribution in [2.45, 2.75) is 20.3 Å². The minimum atomic E-state index is 0.789. The van der Waals surface area contributed by atoms with Crippen LogP contribution in [0.25, 0.3) is 5.82 Å². The first-order valence-electron chi connectivity index (χ1n) is 4.74. The average molecular weight is 267 g/mol. The van der Waals surface area contributed by atoms with Gasteiger partial charge in [-0.25, -0.2) is 14.6 Å². The van der Waals surface area contributed by atoms with Gasteiger partial charge in [-0.1, -0.05) is 6.92 Å². The van der Waals surface area contributed by atoms with E-state index in [0.29, 0.717) is 0 Å². The Morgan fingerprint density at radius 1 is 1.40 bits per heavy atom. The van der Waals surface area contributed by atoms with E-state index in [4.69, 9.17) is 0 Å². The minimum Gasteiger partial charge on any atom is -0.226 e. The van der Waals surface area contributed by atoms with E-state index in [1.165, 1.54) is 0 Å². The van der Waals surface area contributed by atoms with Gasteiger partial charge >= 0.3 is 0 Å². The number of hydrogen-bond donors (Lipinski definition) is 0. The molecular formula is C10H11BrN4. The number of nitrogens with zero attached hydrogens (tertiary/aromatic N) is 4. The van der Waals surface area contributed by atoms with Gasteiger partial charge in [0, 0.05) is 18.7 Å². The molecule has 0 fully saturated rings. The molecule has 15 heavy (non-hydrogen) atoms. The lowest BCUT2D eigenvalue weighted by atomic mass is 10.4. The first-order valence-corrected chi connectivity index (χ1v) is 5.53. The second-order valence-electron chi connectivity index (χ2n) is 3.28. The lowest BCUT2D eigenvalue weighted by Crippen LogP contribution is -2.02. The maximum atomic E-state index is 4.39. The fraction of sp³-hybridized carbons (Fsp3) is 0.300. The number of rotatable bonds is 2. The Morgan fingerprint density at radius 2 is 2.20 bits per heavy atom. The van der Waals surface area contributed by atoms with Gasteiger partial charge in [0.25, 0.3) is 0 Å². The second-order valence-corrected chi connectivity index (χ2v) is 4.09. The maximum absolute atomic E-state index is 4.39. The summed E-state index contributed by atoms with van der Waals surface area (Å²) < 4.78 is 2.54. The third kappa shape index (κ3) is 2.23. The summed E-state index contributed by atoms with van der Waals surface area (Å²) in [7, 11) is 0. The summed E-state index contributed by atoms with van der Waals surface area (Å²) in [5.74, 6) is 1.61. The summed E-state index contributed by atoms with van der Waals surface area (Å²) in [6.45, 7) is 4.03. The standard InChI is InChI=1S/C10H11BrN4/c1-3-9-13-8(11)4-10(14-9)15-6-7(2)5-12-15/h4-6H,3H2,1-2H3. The zero-order valence-corrected chi connectivity index (χ0v) is 10.2. The highest BCUT2D eigenvalue weighted by Gasteiger charge is 2.04. The van der Waals surface area contributed by atoms with E-state index in [-0.39, 0.29) is 0 Å². The predicted octanol–water partition coefficient (Wildman–Crippen LogP) is 2.30. The molecule has 2 heterocycles. The molecule has 0 aliphatic rings. The highest BCUT2D eigenvalue weighted by Crippen LogP contribution is 2.12. The summed E-state index contributed by atoms with van der Waals surface area (Å²) in [5.41, 5.74) is 1.11. The minimum absolute atomic E-state index is 0.789. The fourth-order valence-corrected chi connectivity index (χ4v) is 1.67. The van der Waals surface area contributed by atoms with Gasteiger partial charge in [0.05, 0.1) is 6.20 Å². The zero-order valence-electron chi connectivity index (χ0n) is 8.61. The van der Waals surface area contributed by atoms with E-state index in [1.807, 2.05) is 32.3 Å². The number of hydrogen-bond acceptors (Lipinski definition) is 3. The molecule has 0 radical (unpaired) electrons. The first-order chi connectivity index (χ1) is 7.19. The van der Waals surface area contributed by atoms with Crippen molar-refractivity contribution >= 4 is 15.9 Å². The molecule has 0 saturated heterocycles. The van der Waals surface area contributed by atoms with Gasteiger partial charge in [-0.15, -0.1) is 0 Å². The summed E-state index contributed by atoms with van der Waals surface area (Å²) in [4.78, 5) is 8.64. The maximum Gasteiger partial charge on any atom is 0.158 e. The van der Waals surface area contributed by atoms with Gasteiger partial charge in [-0.05, 0) is 28.4 Å². The van der Waals surface area contributed by atoms with Crippen LogP contribution in [0.1, 0.15) is 18.3 Å². The molecule has 2 rings (SSSR count). The third-order valence-corrected chi connectivity index (χ3v) is 2.40. The van der Waals surface area contributed by atoms with Crippen LogP contribution < -0.4 is 0 Å². The molecule has 4 nitrogen and oxygen atoms in total. The van der Waals surface area contributed by atoms with Crippen molar-refractivity contribution in [3.8, 4) is 5.82 Å². The summed E-state index contributed by atoms with van der Waals surface area (Å²) in [6, 6.07) is 1.85. The summed E-state index contributed by atoms with van der Waals surface area (Å²) in [6.07, 6.45) is 4.56. The third-order valence-electron chi connectivity index (χ3n) is 1.99. The van der Waals surface area contributed by atoms with Crippen molar-refractivity contribution in [3.63, 3.8) is 0 Å². The molecule has 0 atom stereocenters. The van der Waals surface area contributed by atoms with Crippen molar-refractivity contribution < 1.29 is 0 Å². The van der Waals surface area contributed by atoms with Gasteiger partial charge in [0.1, 0.15) is 10.4 Å². The molecule has 5 heteroatoms. The van der Waals surface area contributed by atoms with Crippen LogP contribution in [-0.4, -0.2) is 19.7 Å². The lowest BCUT2D eigenvalue weighted by molar-refractivity contribution is 0.808. The zero-order chi connectivity index (χ0) is 10.8. The number of aryl methyl sites for hydroxylation is 2. The van der Waals surface area contributed by atoms with Gasteiger partial charge in [-0.3, -0.25) is 0 Å². The van der Waals surface area contributed by atoms with Crippen molar-refractivity contribution in [2.75, 3.05) is 0 Å². The molecule has 0 amide bonds. The van der Waals surface area contributed by atoms with Gasteiger partial charge in [-0.2, -0.15) is 5.10 Å². The Kier molecular flexibility index (Phi) is 2.81. The monoisotopic (exact) mass is 266 g/mol. The van der Waals surface area contributed by atoms with Crippen molar-refractivity contribution in [1.29, 1.82) is 0 Å². The molecular weight excluding hydrogens is 256 g/mol. The second kappa shape index (κ2) is 4.10. The molecule has 0 saturated carbocycles.